The van der Waals surface area contributed by atoms with Crippen LogP contribution in [0.15, 0.2) is 22.5 Å². The summed E-state index contributed by atoms with van der Waals surface area (Å²) in [6.45, 7) is 0. The monoisotopic (exact) mass is 201 g/mol. The summed E-state index contributed by atoms with van der Waals surface area (Å²) in [6.07, 6.45) is 0. The number of aromatic nitrogens is 1. The Labute approximate surface area is 78.4 Å². The second-order valence-electron chi connectivity index (χ2n) is 2.12. The number of thiol groups is 1. The zero-order chi connectivity index (χ0) is 7.84. The smallest absolute Gasteiger partial charge is 0.0827 e. The van der Waals surface area contributed by atoms with Gasteiger partial charge in [-0.2, -0.15) is 0 Å². The fraction of sp³-hybridized carbons (Fsp3) is 0. The zero-order valence-corrected chi connectivity index (χ0v) is 7.88. The third kappa shape index (κ3) is 1.24. The van der Waals surface area contributed by atoms with Crippen molar-refractivity contribution in [1.29, 1.82) is 0 Å². The lowest BCUT2D eigenvalue weighted by atomic mass is 10.3. The number of hydrogen-bond donors (Lipinski definition) is 1. The summed E-state index contributed by atoms with van der Waals surface area (Å²) in [6, 6.07) is 3.76. The van der Waals surface area contributed by atoms with Gasteiger partial charge in [0.2, 0.25) is 0 Å². The van der Waals surface area contributed by atoms with Crippen LogP contribution < -0.4 is 0 Å². The van der Waals surface area contributed by atoms with Gasteiger partial charge in [0.15, 0.2) is 0 Å². The van der Waals surface area contributed by atoms with E-state index in [1.54, 1.807) is 16.8 Å². The van der Waals surface area contributed by atoms with E-state index in [-0.39, 0.29) is 0 Å². The number of nitrogens with zero attached hydrogens (tertiary/aromatic N) is 1. The van der Waals surface area contributed by atoms with Crippen molar-refractivity contribution in [2.45, 2.75) is 4.90 Å². The van der Waals surface area contributed by atoms with E-state index in [2.05, 4.69) is 17.6 Å². The first-order chi connectivity index (χ1) is 5.27. The average Bonchev–Trinajstić information content (AvgIpc) is 2.36. The Balaban J connectivity index is 2.86. The topological polar surface area (TPSA) is 12.9 Å². The molecule has 2 aromatic rings. The Morgan fingerprint density at radius 3 is 3.09 bits per heavy atom. The molecule has 0 N–H and O–H groups in total. The highest BCUT2D eigenvalue weighted by atomic mass is 35.5. The average molecular weight is 202 g/mol. The van der Waals surface area contributed by atoms with Gasteiger partial charge in [-0.15, -0.1) is 24.0 Å². The van der Waals surface area contributed by atoms with Crippen LogP contribution in [0.25, 0.3) is 10.2 Å². The van der Waals surface area contributed by atoms with Crippen molar-refractivity contribution >= 4 is 45.8 Å². The van der Waals surface area contributed by atoms with Crippen molar-refractivity contribution < 1.29 is 0 Å². The molecule has 0 unspecified atom stereocenters. The van der Waals surface area contributed by atoms with Crippen LogP contribution in [0.4, 0.5) is 0 Å². The van der Waals surface area contributed by atoms with Crippen molar-refractivity contribution in [1.82, 2.24) is 4.98 Å². The third-order valence-corrected chi connectivity index (χ3v) is 3.01. The zero-order valence-electron chi connectivity index (χ0n) is 5.41. The van der Waals surface area contributed by atoms with Crippen LogP contribution in [0.1, 0.15) is 0 Å². The minimum absolute atomic E-state index is 0.659. The third-order valence-electron chi connectivity index (χ3n) is 1.40. The van der Waals surface area contributed by atoms with E-state index >= 15 is 0 Å². The second-order valence-corrected chi connectivity index (χ2v) is 3.90. The Morgan fingerprint density at radius 1 is 1.45 bits per heavy atom. The molecular weight excluding hydrogens is 198 g/mol. The molecule has 2 rings (SSSR count). The van der Waals surface area contributed by atoms with Gasteiger partial charge >= 0.3 is 0 Å². The maximum absolute atomic E-state index is 5.83. The molecule has 0 saturated carbocycles. The maximum atomic E-state index is 5.83. The highest BCUT2D eigenvalue weighted by Gasteiger charge is 2.00. The van der Waals surface area contributed by atoms with Crippen molar-refractivity contribution in [3.63, 3.8) is 0 Å². The van der Waals surface area contributed by atoms with E-state index in [1.807, 2.05) is 12.1 Å². The summed E-state index contributed by atoms with van der Waals surface area (Å²) in [5.41, 5.74) is 2.74. The number of benzene rings is 1. The van der Waals surface area contributed by atoms with Gasteiger partial charge in [0.25, 0.3) is 0 Å². The molecular formula is C7H4ClNS2. The predicted octanol–water partition coefficient (Wildman–Crippen LogP) is 3.24. The van der Waals surface area contributed by atoms with Crippen LogP contribution in [0.3, 0.4) is 0 Å². The van der Waals surface area contributed by atoms with E-state index in [4.69, 9.17) is 11.6 Å². The maximum Gasteiger partial charge on any atom is 0.0827 e. The largest absolute Gasteiger partial charge is 0.245 e. The van der Waals surface area contributed by atoms with Crippen molar-refractivity contribution in [2.75, 3.05) is 0 Å². The molecule has 4 heteroatoms. The predicted molar refractivity (Wildman–Crippen MR) is 51.9 cm³/mol. The van der Waals surface area contributed by atoms with E-state index in [9.17, 15) is 0 Å². The Kier molecular flexibility index (Phi) is 1.79. The first kappa shape index (κ1) is 7.40. The van der Waals surface area contributed by atoms with E-state index in [0.29, 0.717) is 5.02 Å². The first-order valence-electron chi connectivity index (χ1n) is 2.99. The summed E-state index contributed by atoms with van der Waals surface area (Å²) in [4.78, 5) is 4.93. The lowest BCUT2D eigenvalue weighted by Crippen LogP contribution is -1.70. The number of fused-ring (bicyclic) bond motifs is 1. The van der Waals surface area contributed by atoms with Gasteiger partial charge in [0.05, 0.1) is 20.7 Å². The number of halogens is 1. The minimum Gasteiger partial charge on any atom is -0.245 e. The molecule has 0 spiro atoms. The molecule has 11 heavy (non-hydrogen) atoms. The van der Waals surface area contributed by atoms with Gasteiger partial charge < -0.3 is 0 Å². The van der Waals surface area contributed by atoms with Crippen LogP contribution >= 0.6 is 35.6 Å². The van der Waals surface area contributed by atoms with Gasteiger partial charge in [-0.25, -0.2) is 4.98 Å². The summed E-state index contributed by atoms with van der Waals surface area (Å²) < 4.78 is 1.12. The van der Waals surface area contributed by atoms with Crippen LogP contribution in [0.2, 0.25) is 5.02 Å². The number of rotatable bonds is 0. The molecule has 0 aliphatic heterocycles. The molecule has 0 atom stereocenters. The van der Waals surface area contributed by atoms with E-state index in [0.717, 1.165) is 15.1 Å². The van der Waals surface area contributed by atoms with E-state index in [1.165, 1.54) is 0 Å². The highest BCUT2D eigenvalue weighted by molar-refractivity contribution is 7.80. The SMILES string of the molecule is Sc1cc2scnc2cc1Cl. The standard InChI is InChI=1S/C7H4ClNS2/c8-4-1-5-7(2-6(4)10)11-3-9-5/h1-3,10H. The van der Waals surface area contributed by atoms with Crippen LogP contribution in [0, 0.1) is 0 Å². The lowest BCUT2D eigenvalue weighted by molar-refractivity contribution is 1.46. The van der Waals surface area contributed by atoms with Crippen molar-refractivity contribution in [2.24, 2.45) is 0 Å². The molecule has 0 radical (unpaired) electrons. The van der Waals surface area contributed by atoms with Gasteiger partial charge in [-0.05, 0) is 12.1 Å². The van der Waals surface area contributed by atoms with Gasteiger partial charge in [0, 0.05) is 4.90 Å². The quantitative estimate of drug-likeness (QED) is 0.646. The number of hydrogen-bond acceptors (Lipinski definition) is 3. The lowest BCUT2D eigenvalue weighted by Gasteiger charge is -1.94. The van der Waals surface area contributed by atoms with Gasteiger partial charge in [0.1, 0.15) is 0 Å². The fourth-order valence-electron chi connectivity index (χ4n) is 0.867. The molecule has 1 aromatic heterocycles. The summed E-state index contributed by atoms with van der Waals surface area (Å²) in [5.74, 6) is 0. The Bertz CT molecular complexity index is 360. The van der Waals surface area contributed by atoms with Crippen LogP contribution in [0.5, 0.6) is 0 Å². The molecule has 1 aromatic carbocycles. The Morgan fingerprint density at radius 2 is 2.27 bits per heavy atom. The molecule has 0 saturated heterocycles. The number of thiazole rings is 1. The molecule has 1 nitrogen and oxygen atoms in total. The first-order valence-corrected chi connectivity index (χ1v) is 4.69. The summed E-state index contributed by atoms with van der Waals surface area (Å²) >= 11 is 11.6. The molecule has 0 amide bonds. The molecule has 1 heterocycles. The van der Waals surface area contributed by atoms with Crippen molar-refractivity contribution in [3.8, 4) is 0 Å². The van der Waals surface area contributed by atoms with E-state index < -0.39 is 0 Å². The molecule has 0 fully saturated rings. The van der Waals surface area contributed by atoms with Gasteiger partial charge in [-0.1, -0.05) is 11.6 Å². The highest BCUT2D eigenvalue weighted by Crippen LogP contribution is 2.27. The van der Waals surface area contributed by atoms with Crippen molar-refractivity contribution in [3.05, 3.63) is 22.7 Å². The van der Waals surface area contributed by atoms with Gasteiger partial charge in [-0.3, -0.25) is 0 Å². The normalized spacial score (nSPS) is 10.7. The summed E-state index contributed by atoms with van der Waals surface area (Å²) in [7, 11) is 0. The van der Waals surface area contributed by atoms with Crippen LogP contribution in [-0.2, 0) is 0 Å². The van der Waals surface area contributed by atoms with Crippen LogP contribution in [-0.4, -0.2) is 4.98 Å². The minimum atomic E-state index is 0.659. The Hall–Kier alpha value is -0.250. The second kappa shape index (κ2) is 2.66. The molecule has 0 bridgehead atoms. The fourth-order valence-corrected chi connectivity index (χ4v) is 2.00. The molecule has 0 aliphatic carbocycles. The molecule has 0 aliphatic rings. The molecule has 56 valence electrons. The summed E-state index contributed by atoms with van der Waals surface area (Å²) in [5, 5.41) is 0.659.